The van der Waals surface area contributed by atoms with E-state index in [0.717, 1.165) is 12.8 Å². The molecule has 2 aromatic carbocycles. The Morgan fingerprint density at radius 2 is 1.77 bits per heavy atom. The second-order valence-corrected chi connectivity index (χ2v) is 8.20. The fourth-order valence-electron chi connectivity index (χ4n) is 3.20. The van der Waals surface area contributed by atoms with Gasteiger partial charge in [0.1, 0.15) is 5.82 Å². The van der Waals surface area contributed by atoms with E-state index in [4.69, 9.17) is 0 Å². The molecule has 26 heavy (non-hydrogen) atoms. The second-order valence-electron chi connectivity index (χ2n) is 6.31. The molecule has 1 atom stereocenters. The second kappa shape index (κ2) is 7.97. The van der Waals surface area contributed by atoms with Crippen LogP contribution in [0.15, 0.2) is 59.5 Å². The molecule has 0 bridgehead atoms. The number of carbonyl (C=O) groups is 1. The third-order valence-electron chi connectivity index (χ3n) is 4.49. The van der Waals surface area contributed by atoms with Gasteiger partial charge in [-0.25, -0.2) is 12.8 Å². The summed E-state index contributed by atoms with van der Waals surface area (Å²) in [5.41, 5.74) is 0.103. The highest BCUT2D eigenvalue weighted by molar-refractivity contribution is 7.89. The minimum Gasteiger partial charge on any atom is -0.324 e. The smallest absolute Gasteiger partial charge is 0.243 e. The van der Waals surface area contributed by atoms with Crippen molar-refractivity contribution in [2.24, 2.45) is 0 Å². The number of anilines is 1. The Bertz CT molecular complexity index is 871. The first-order chi connectivity index (χ1) is 12.5. The topological polar surface area (TPSA) is 66.5 Å². The van der Waals surface area contributed by atoms with Crippen molar-refractivity contribution in [2.75, 3.05) is 11.9 Å². The lowest BCUT2D eigenvalue weighted by Gasteiger charge is -2.34. The minimum atomic E-state index is -3.66. The molecule has 3 rings (SSSR count). The van der Waals surface area contributed by atoms with Crippen molar-refractivity contribution in [2.45, 2.75) is 36.6 Å². The highest BCUT2D eigenvalue weighted by Gasteiger charge is 2.34. The lowest BCUT2D eigenvalue weighted by atomic mass is 10.0. The van der Waals surface area contributed by atoms with Gasteiger partial charge in [0.25, 0.3) is 0 Å². The Labute approximate surface area is 152 Å². The predicted octanol–water partition coefficient (Wildman–Crippen LogP) is 3.40. The number of halogens is 1. The summed E-state index contributed by atoms with van der Waals surface area (Å²) < 4.78 is 41.0. The van der Waals surface area contributed by atoms with E-state index in [1.807, 2.05) is 0 Å². The Hall–Kier alpha value is -2.25. The molecule has 0 spiro atoms. The van der Waals surface area contributed by atoms with E-state index in [-0.39, 0.29) is 17.0 Å². The molecule has 1 aliphatic heterocycles. The van der Waals surface area contributed by atoms with Crippen molar-refractivity contribution in [3.8, 4) is 0 Å². The van der Waals surface area contributed by atoms with Crippen molar-refractivity contribution in [3.63, 3.8) is 0 Å². The van der Waals surface area contributed by atoms with Gasteiger partial charge in [-0.3, -0.25) is 4.79 Å². The maximum Gasteiger partial charge on any atom is 0.243 e. The van der Waals surface area contributed by atoms with E-state index in [9.17, 15) is 17.6 Å². The first kappa shape index (κ1) is 18.5. The lowest BCUT2D eigenvalue weighted by Crippen LogP contribution is -2.45. The molecule has 138 valence electrons. The molecule has 5 nitrogen and oxygen atoms in total. The van der Waals surface area contributed by atoms with E-state index >= 15 is 0 Å². The number of rotatable bonds is 5. The number of amides is 1. The molecule has 1 amide bonds. The molecule has 0 aromatic heterocycles. The molecular formula is C19H21FN2O3S. The van der Waals surface area contributed by atoms with Crippen LogP contribution in [0.25, 0.3) is 0 Å². The fourth-order valence-corrected chi connectivity index (χ4v) is 4.91. The van der Waals surface area contributed by atoms with E-state index in [1.54, 1.807) is 42.5 Å². The number of piperidine rings is 1. The minimum absolute atomic E-state index is 0.000395. The zero-order valence-electron chi connectivity index (χ0n) is 14.3. The van der Waals surface area contributed by atoms with Crippen LogP contribution in [0.1, 0.15) is 25.7 Å². The number of hydrogen-bond acceptors (Lipinski definition) is 3. The number of sulfonamides is 1. The Morgan fingerprint density at radius 3 is 2.50 bits per heavy atom. The molecule has 0 aliphatic carbocycles. The maximum atomic E-state index is 13.7. The number of para-hydroxylation sites is 1. The molecule has 1 unspecified atom stereocenters. The monoisotopic (exact) mass is 376 g/mol. The summed E-state index contributed by atoms with van der Waals surface area (Å²) in [5.74, 6) is -0.909. The van der Waals surface area contributed by atoms with E-state index in [1.165, 1.54) is 16.4 Å². The fraction of sp³-hybridized carbons (Fsp3) is 0.316. The van der Waals surface area contributed by atoms with Gasteiger partial charge in [0.05, 0.1) is 10.6 Å². The standard InChI is InChI=1S/C19H21FN2O3S/c20-17-11-4-5-12-18(17)21-19(23)14-15-8-6-7-13-22(15)26(24,25)16-9-2-1-3-10-16/h1-5,9-12,15H,6-8,13-14H2,(H,21,23). The average molecular weight is 376 g/mol. The Morgan fingerprint density at radius 1 is 1.08 bits per heavy atom. The molecule has 0 saturated carbocycles. The molecule has 0 radical (unpaired) electrons. The van der Waals surface area contributed by atoms with Crippen molar-refractivity contribution in [1.29, 1.82) is 0 Å². The van der Waals surface area contributed by atoms with Gasteiger partial charge in [-0.1, -0.05) is 36.8 Å². The summed E-state index contributed by atoms with van der Waals surface area (Å²) in [5, 5.41) is 2.53. The van der Waals surface area contributed by atoms with Crippen molar-refractivity contribution >= 4 is 21.6 Å². The van der Waals surface area contributed by atoms with Gasteiger partial charge in [0.15, 0.2) is 0 Å². The molecule has 7 heteroatoms. The van der Waals surface area contributed by atoms with E-state index in [2.05, 4.69) is 5.32 Å². The highest BCUT2D eigenvalue weighted by atomic mass is 32.2. The predicted molar refractivity (Wildman–Crippen MR) is 97.6 cm³/mol. The number of benzene rings is 2. The summed E-state index contributed by atoms with van der Waals surface area (Å²) in [6.07, 6.45) is 2.23. The third-order valence-corrected chi connectivity index (χ3v) is 6.46. The van der Waals surface area contributed by atoms with Crippen LogP contribution in [0.4, 0.5) is 10.1 Å². The van der Waals surface area contributed by atoms with Crippen LogP contribution in [0.5, 0.6) is 0 Å². The zero-order valence-corrected chi connectivity index (χ0v) is 15.1. The van der Waals surface area contributed by atoms with Crippen LogP contribution in [0.3, 0.4) is 0 Å². The van der Waals surface area contributed by atoms with Crippen molar-refractivity contribution in [3.05, 3.63) is 60.4 Å². The number of carbonyl (C=O) groups excluding carboxylic acids is 1. The maximum absolute atomic E-state index is 13.7. The van der Waals surface area contributed by atoms with Crippen LogP contribution in [0, 0.1) is 5.82 Å². The van der Waals surface area contributed by atoms with Crippen molar-refractivity contribution < 1.29 is 17.6 Å². The SMILES string of the molecule is O=C(CC1CCCCN1S(=O)(=O)c1ccccc1)Nc1ccccc1F. The van der Waals surface area contributed by atoms with Gasteiger partial charge in [0.2, 0.25) is 15.9 Å². The van der Waals surface area contributed by atoms with Gasteiger partial charge in [-0.2, -0.15) is 4.31 Å². The summed E-state index contributed by atoms with van der Waals surface area (Å²) in [4.78, 5) is 12.6. The van der Waals surface area contributed by atoms with Crippen LogP contribution in [-0.2, 0) is 14.8 Å². The summed E-state index contributed by atoms with van der Waals surface area (Å²) in [6.45, 7) is 0.384. The first-order valence-corrected chi connectivity index (χ1v) is 10.0. The molecule has 1 heterocycles. The van der Waals surface area contributed by atoms with Gasteiger partial charge < -0.3 is 5.32 Å². The van der Waals surface area contributed by atoms with Crippen LogP contribution in [0.2, 0.25) is 0 Å². The summed E-state index contributed by atoms with van der Waals surface area (Å²) in [7, 11) is -3.66. The molecule has 2 aromatic rings. The molecule has 1 fully saturated rings. The molecule has 1 N–H and O–H groups in total. The normalized spacial score (nSPS) is 18.4. The Kier molecular flexibility index (Phi) is 5.68. The van der Waals surface area contributed by atoms with E-state index < -0.39 is 27.8 Å². The molecule has 1 saturated heterocycles. The van der Waals surface area contributed by atoms with Crippen LogP contribution >= 0.6 is 0 Å². The lowest BCUT2D eigenvalue weighted by molar-refractivity contribution is -0.117. The quantitative estimate of drug-likeness (QED) is 0.870. The van der Waals surface area contributed by atoms with Gasteiger partial charge in [-0.15, -0.1) is 0 Å². The van der Waals surface area contributed by atoms with Crippen molar-refractivity contribution in [1.82, 2.24) is 4.31 Å². The van der Waals surface area contributed by atoms with Crippen LogP contribution < -0.4 is 5.32 Å². The summed E-state index contributed by atoms with van der Waals surface area (Å²) in [6, 6.07) is 13.7. The van der Waals surface area contributed by atoms with Gasteiger partial charge >= 0.3 is 0 Å². The van der Waals surface area contributed by atoms with E-state index in [0.29, 0.717) is 13.0 Å². The third kappa shape index (κ3) is 4.11. The number of nitrogens with one attached hydrogen (secondary N) is 1. The Balaban J connectivity index is 1.75. The highest BCUT2D eigenvalue weighted by Crippen LogP contribution is 2.27. The number of hydrogen-bond donors (Lipinski definition) is 1. The zero-order chi connectivity index (χ0) is 18.6. The number of nitrogens with zero attached hydrogens (tertiary/aromatic N) is 1. The first-order valence-electron chi connectivity index (χ1n) is 8.60. The van der Waals surface area contributed by atoms with Gasteiger partial charge in [0, 0.05) is 19.0 Å². The molecular weight excluding hydrogens is 355 g/mol. The average Bonchev–Trinajstić information content (AvgIpc) is 2.65. The summed E-state index contributed by atoms with van der Waals surface area (Å²) >= 11 is 0. The molecule has 1 aliphatic rings. The van der Waals surface area contributed by atoms with Gasteiger partial charge in [-0.05, 0) is 37.1 Å². The largest absolute Gasteiger partial charge is 0.324 e. The van der Waals surface area contributed by atoms with Crippen LogP contribution in [-0.4, -0.2) is 31.2 Å².